The second kappa shape index (κ2) is 7.62. The number of carbonyl (C=O) groups excluding carboxylic acids is 2. The Morgan fingerprint density at radius 1 is 1.22 bits per heavy atom. The van der Waals surface area contributed by atoms with Gasteiger partial charge in [0.1, 0.15) is 17.5 Å². The molecule has 3 N–H and O–H groups in total. The van der Waals surface area contributed by atoms with E-state index in [0.717, 1.165) is 0 Å². The minimum absolute atomic E-state index is 0.142. The summed E-state index contributed by atoms with van der Waals surface area (Å²) in [5, 5.41) is 11.8. The molecule has 0 saturated carbocycles. The van der Waals surface area contributed by atoms with Crippen LogP contribution in [0.4, 0.5) is 4.79 Å². The Labute approximate surface area is 136 Å². The average Bonchev–Trinajstić information content (AvgIpc) is 2.45. The highest BCUT2D eigenvalue weighted by molar-refractivity contribution is 5.97. The molecule has 0 saturated heterocycles. The summed E-state index contributed by atoms with van der Waals surface area (Å²) in [5.41, 5.74) is 2.58. The number of nitrogens with one attached hydrogen (secondary N) is 3. The third kappa shape index (κ3) is 6.37. The molecular formula is C16H24N4O3. The summed E-state index contributed by atoms with van der Waals surface area (Å²) in [4.78, 5) is 23.7. The van der Waals surface area contributed by atoms with E-state index in [2.05, 4.69) is 10.7 Å². The van der Waals surface area contributed by atoms with Gasteiger partial charge >= 0.3 is 6.09 Å². The van der Waals surface area contributed by atoms with Gasteiger partial charge in [-0.1, -0.05) is 30.3 Å². The highest BCUT2D eigenvalue weighted by atomic mass is 16.6. The van der Waals surface area contributed by atoms with E-state index in [-0.39, 0.29) is 5.84 Å². The molecule has 7 heteroatoms. The molecule has 0 unspecified atom stereocenters. The van der Waals surface area contributed by atoms with Gasteiger partial charge in [0.25, 0.3) is 5.91 Å². The van der Waals surface area contributed by atoms with Gasteiger partial charge in [0.05, 0.1) is 0 Å². The predicted molar refractivity (Wildman–Crippen MR) is 88.0 cm³/mol. The molecule has 0 spiro atoms. The molecule has 1 aromatic carbocycles. The maximum Gasteiger partial charge on any atom is 0.408 e. The third-order valence-corrected chi connectivity index (χ3v) is 2.79. The van der Waals surface area contributed by atoms with Gasteiger partial charge in [-0.05, 0) is 27.7 Å². The molecule has 0 aliphatic carbocycles. The Morgan fingerprint density at radius 3 is 2.30 bits per heavy atom. The van der Waals surface area contributed by atoms with E-state index >= 15 is 0 Å². The Morgan fingerprint density at radius 2 is 1.78 bits per heavy atom. The SMILES string of the molecule is C[C@H](NC(=O)OC(C)(C)C)C(=O)NN(C)C(=N)c1ccccc1. The fourth-order valence-corrected chi connectivity index (χ4v) is 1.66. The molecule has 126 valence electrons. The lowest BCUT2D eigenvalue weighted by atomic mass is 10.2. The molecule has 0 heterocycles. The van der Waals surface area contributed by atoms with Crippen molar-refractivity contribution >= 4 is 17.8 Å². The second-order valence-electron chi connectivity index (χ2n) is 6.12. The van der Waals surface area contributed by atoms with Crippen molar-refractivity contribution in [1.29, 1.82) is 5.41 Å². The topological polar surface area (TPSA) is 94.5 Å². The van der Waals surface area contributed by atoms with Crippen LogP contribution in [-0.2, 0) is 9.53 Å². The largest absolute Gasteiger partial charge is 0.444 e. The smallest absolute Gasteiger partial charge is 0.408 e. The zero-order chi connectivity index (χ0) is 17.6. The Bertz CT molecular complexity index is 566. The Kier molecular flexibility index (Phi) is 6.12. The number of rotatable bonds is 3. The molecule has 7 nitrogen and oxygen atoms in total. The molecule has 0 aliphatic rings. The van der Waals surface area contributed by atoms with Crippen molar-refractivity contribution in [2.75, 3.05) is 7.05 Å². The molecule has 0 fully saturated rings. The summed E-state index contributed by atoms with van der Waals surface area (Å²) in [5.74, 6) is -0.303. The minimum Gasteiger partial charge on any atom is -0.444 e. The number of ether oxygens (including phenoxy) is 1. The standard InChI is InChI=1S/C16H24N4O3/c1-11(18-15(22)23-16(2,3)4)14(21)19-20(5)13(17)12-9-7-6-8-10-12/h6-11,17H,1-5H3,(H,18,22)(H,19,21)/t11-/m0/s1. The molecular weight excluding hydrogens is 296 g/mol. The fraction of sp³-hybridized carbons (Fsp3) is 0.438. The van der Waals surface area contributed by atoms with Crippen LogP contribution < -0.4 is 10.7 Å². The van der Waals surface area contributed by atoms with Crippen LogP contribution in [0.5, 0.6) is 0 Å². The van der Waals surface area contributed by atoms with Gasteiger partial charge in [0.15, 0.2) is 0 Å². The summed E-state index contributed by atoms with van der Waals surface area (Å²) in [6, 6.07) is 8.22. The lowest BCUT2D eigenvalue weighted by Crippen LogP contribution is -2.52. The number of carbonyl (C=O) groups is 2. The van der Waals surface area contributed by atoms with E-state index in [0.29, 0.717) is 5.56 Å². The van der Waals surface area contributed by atoms with Crippen molar-refractivity contribution in [3.8, 4) is 0 Å². The maximum atomic E-state index is 12.1. The van der Waals surface area contributed by atoms with Crippen molar-refractivity contribution in [2.24, 2.45) is 0 Å². The lowest BCUT2D eigenvalue weighted by molar-refractivity contribution is -0.125. The number of nitrogens with zero attached hydrogens (tertiary/aromatic N) is 1. The first-order chi connectivity index (χ1) is 10.6. The van der Waals surface area contributed by atoms with Crippen LogP contribution in [0, 0.1) is 5.41 Å². The van der Waals surface area contributed by atoms with Crippen molar-refractivity contribution in [3.63, 3.8) is 0 Å². The number of hydrazine groups is 1. The van der Waals surface area contributed by atoms with Crippen LogP contribution in [0.15, 0.2) is 30.3 Å². The van der Waals surface area contributed by atoms with Gasteiger partial charge in [0, 0.05) is 12.6 Å². The maximum absolute atomic E-state index is 12.1. The Balaban J connectivity index is 2.54. The monoisotopic (exact) mass is 320 g/mol. The number of amidine groups is 1. The lowest BCUT2D eigenvalue weighted by Gasteiger charge is -2.24. The highest BCUT2D eigenvalue weighted by Gasteiger charge is 2.22. The second-order valence-corrected chi connectivity index (χ2v) is 6.12. The molecule has 1 rings (SSSR count). The van der Waals surface area contributed by atoms with E-state index in [9.17, 15) is 9.59 Å². The van der Waals surface area contributed by atoms with Gasteiger partial charge in [-0.3, -0.25) is 20.6 Å². The van der Waals surface area contributed by atoms with Crippen LogP contribution in [-0.4, -0.2) is 41.5 Å². The van der Waals surface area contributed by atoms with Gasteiger partial charge in [-0.2, -0.15) is 0 Å². The number of alkyl carbamates (subject to hydrolysis) is 1. The fourth-order valence-electron chi connectivity index (χ4n) is 1.66. The molecule has 1 atom stereocenters. The van der Waals surface area contributed by atoms with E-state index in [4.69, 9.17) is 10.1 Å². The zero-order valence-electron chi connectivity index (χ0n) is 14.1. The van der Waals surface area contributed by atoms with E-state index < -0.39 is 23.6 Å². The summed E-state index contributed by atoms with van der Waals surface area (Å²) in [6.45, 7) is 6.77. The van der Waals surface area contributed by atoms with Crippen molar-refractivity contribution < 1.29 is 14.3 Å². The van der Waals surface area contributed by atoms with Crippen LogP contribution in [0.2, 0.25) is 0 Å². The first kappa shape index (κ1) is 18.5. The summed E-state index contributed by atoms with van der Waals surface area (Å²) in [6.07, 6.45) is -0.666. The number of amides is 2. The number of hydrogen-bond donors (Lipinski definition) is 3. The Hall–Kier alpha value is -2.57. The van der Waals surface area contributed by atoms with Gasteiger partial charge in [0.2, 0.25) is 0 Å². The van der Waals surface area contributed by atoms with Crippen molar-refractivity contribution in [3.05, 3.63) is 35.9 Å². The van der Waals surface area contributed by atoms with Crippen LogP contribution in [0.3, 0.4) is 0 Å². The van der Waals surface area contributed by atoms with Crippen molar-refractivity contribution in [1.82, 2.24) is 15.8 Å². The molecule has 2 amide bonds. The van der Waals surface area contributed by atoms with E-state index in [1.165, 1.54) is 5.01 Å². The molecule has 0 bridgehead atoms. The summed E-state index contributed by atoms with van der Waals surface area (Å²) >= 11 is 0. The normalized spacial score (nSPS) is 12.0. The summed E-state index contributed by atoms with van der Waals surface area (Å²) in [7, 11) is 1.56. The van der Waals surface area contributed by atoms with Gasteiger partial charge in [-0.25, -0.2) is 4.79 Å². The molecule has 0 radical (unpaired) electrons. The molecule has 23 heavy (non-hydrogen) atoms. The predicted octanol–water partition coefficient (Wildman–Crippen LogP) is 1.89. The van der Waals surface area contributed by atoms with E-state index in [1.54, 1.807) is 46.9 Å². The van der Waals surface area contributed by atoms with Crippen molar-refractivity contribution in [2.45, 2.75) is 39.3 Å². The van der Waals surface area contributed by atoms with Crippen LogP contribution >= 0.6 is 0 Å². The zero-order valence-corrected chi connectivity index (χ0v) is 14.1. The number of benzene rings is 1. The molecule has 1 aromatic rings. The summed E-state index contributed by atoms with van der Waals surface area (Å²) < 4.78 is 5.09. The quantitative estimate of drug-likeness (QED) is 0.450. The number of hydrogen-bond acceptors (Lipinski definition) is 4. The average molecular weight is 320 g/mol. The van der Waals surface area contributed by atoms with E-state index in [1.807, 2.05) is 18.2 Å². The third-order valence-electron chi connectivity index (χ3n) is 2.79. The highest BCUT2D eigenvalue weighted by Crippen LogP contribution is 2.07. The van der Waals surface area contributed by atoms with Crippen LogP contribution in [0.25, 0.3) is 0 Å². The minimum atomic E-state index is -0.795. The van der Waals surface area contributed by atoms with Gasteiger partial charge in [-0.15, -0.1) is 0 Å². The van der Waals surface area contributed by atoms with Crippen LogP contribution in [0.1, 0.15) is 33.3 Å². The molecule has 0 aliphatic heterocycles. The van der Waals surface area contributed by atoms with Gasteiger partial charge < -0.3 is 10.1 Å². The first-order valence-electron chi connectivity index (χ1n) is 7.28. The molecule has 0 aromatic heterocycles. The first-order valence-corrected chi connectivity index (χ1v) is 7.28.